The molecule has 10 heteroatoms. The van der Waals surface area contributed by atoms with E-state index in [0.29, 0.717) is 11.3 Å². The molecule has 0 atom stereocenters. The van der Waals surface area contributed by atoms with Crippen molar-refractivity contribution >= 4 is 40.5 Å². The van der Waals surface area contributed by atoms with Crippen molar-refractivity contribution in [3.63, 3.8) is 0 Å². The zero-order valence-electron chi connectivity index (χ0n) is 16.6. The summed E-state index contributed by atoms with van der Waals surface area (Å²) in [6, 6.07) is 15.3. The Hall–Kier alpha value is -4.11. The van der Waals surface area contributed by atoms with Gasteiger partial charge in [-0.1, -0.05) is 35.9 Å². The van der Waals surface area contributed by atoms with Gasteiger partial charge in [0.1, 0.15) is 5.82 Å². The molecule has 0 saturated heterocycles. The Morgan fingerprint density at radius 1 is 1.00 bits per heavy atom. The highest BCUT2D eigenvalue weighted by atomic mass is 35.5. The molecule has 0 aliphatic heterocycles. The average molecular weight is 455 g/mol. The summed E-state index contributed by atoms with van der Waals surface area (Å²) in [5.41, 5.74) is 3.32. The fourth-order valence-corrected chi connectivity index (χ4v) is 2.93. The van der Waals surface area contributed by atoms with E-state index in [1.165, 1.54) is 48.5 Å². The zero-order chi connectivity index (χ0) is 23.3. The number of nitro benzene ring substituents is 1. The van der Waals surface area contributed by atoms with Crippen LogP contribution < -0.4 is 10.7 Å². The van der Waals surface area contributed by atoms with E-state index in [1.807, 2.05) is 0 Å². The molecule has 0 fully saturated rings. The fourth-order valence-electron chi connectivity index (χ4n) is 2.73. The molecule has 0 aliphatic carbocycles. The number of halogens is 2. The summed E-state index contributed by atoms with van der Waals surface area (Å²) in [6.45, 7) is 1.64. The third-order valence-electron chi connectivity index (χ3n) is 4.41. The first-order chi connectivity index (χ1) is 15.3. The Labute approximate surface area is 186 Å². The van der Waals surface area contributed by atoms with E-state index in [2.05, 4.69) is 15.8 Å². The number of nitro groups is 1. The lowest BCUT2D eigenvalue weighted by Gasteiger charge is -2.11. The molecule has 32 heavy (non-hydrogen) atoms. The maximum absolute atomic E-state index is 13.1. The Morgan fingerprint density at radius 3 is 2.38 bits per heavy atom. The number of amides is 2. The standard InChI is InChI=1S/C22H16ClFN4O4/c1-13(14-6-8-15(24)9-7-14)26-27-22(30)17-4-2-3-5-20(17)25-21(29)18-12-16(28(31)32)10-11-19(18)23/h2-12H,1H3,(H,25,29)(H,27,30). The van der Waals surface area contributed by atoms with Gasteiger partial charge in [0.25, 0.3) is 17.5 Å². The SMILES string of the molecule is CC(=NNC(=O)c1ccccc1NC(=O)c1cc([N+](=O)[O-])ccc1Cl)c1ccc(F)cc1. The van der Waals surface area contributed by atoms with Gasteiger partial charge in [-0.2, -0.15) is 5.10 Å². The van der Waals surface area contributed by atoms with E-state index < -0.39 is 16.7 Å². The van der Waals surface area contributed by atoms with E-state index in [4.69, 9.17) is 11.6 Å². The highest BCUT2D eigenvalue weighted by Gasteiger charge is 2.18. The van der Waals surface area contributed by atoms with Gasteiger partial charge in [-0.15, -0.1) is 0 Å². The number of nitrogens with one attached hydrogen (secondary N) is 2. The summed E-state index contributed by atoms with van der Waals surface area (Å²) >= 11 is 6.01. The Balaban J connectivity index is 1.80. The molecule has 2 amide bonds. The highest BCUT2D eigenvalue weighted by molar-refractivity contribution is 6.34. The number of hydrogen-bond acceptors (Lipinski definition) is 5. The molecule has 0 aromatic heterocycles. The third kappa shape index (κ3) is 5.32. The smallest absolute Gasteiger partial charge is 0.273 e. The van der Waals surface area contributed by atoms with Crippen molar-refractivity contribution < 1.29 is 18.9 Å². The second kappa shape index (κ2) is 9.80. The second-order valence-electron chi connectivity index (χ2n) is 6.57. The van der Waals surface area contributed by atoms with Gasteiger partial charge in [0, 0.05) is 12.1 Å². The molecule has 0 aliphatic rings. The van der Waals surface area contributed by atoms with Gasteiger partial charge in [0.05, 0.1) is 32.5 Å². The molecule has 0 radical (unpaired) electrons. The quantitative estimate of drug-likeness (QED) is 0.316. The van der Waals surface area contributed by atoms with Crippen LogP contribution in [0.15, 0.2) is 71.8 Å². The molecule has 162 valence electrons. The summed E-state index contributed by atoms with van der Waals surface area (Å²) in [6.07, 6.45) is 0. The molecule has 0 saturated carbocycles. The molecule has 3 aromatic rings. The van der Waals surface area contributed by atoms with Crippen LogP contribution in [0.5, 0.6) is 0 Å². The minimum absolute atomic E-state index is 0.0227. The number of carbonyl (C=O) groups is 2. The molecule has 3 aromatic carbocycles. The van der Waals surface area contributed by atoms with Crippen LogP contribution in [0, 0.1) is 15.9 Å². The first-order valence-electron chi connectivity index (χ1n) is 9.21. The van der Waals surface area contributed by atoms with Crippen LogP contribution in [-0.4, -0.2) is 22.4 Å². The van der Waals surface area contributed by atoms with E-state index in [-0.39, 0.29) is 33.3 Å². The maximum atomic E-state index is 13.1. The number of hydrogen-bond donors (Lipinski definition) is 2. The maximum Gasteiger partial charge on any atom is 0.273 e. The Bertz CT molecular complexity index is 1230. The number of non-ortho nitro benzene ring substituents is 1. The normalized spacial score (nSPS) is 11.0. The van der Waals surface area contributed by atoms with Crippen molar-refractivity contribution in [2.45, 2.75) is 6.92 Å². The number of hydrazone groups is 1. The predicted octanol–water partition coefficient (Wildman–Crippen LogP) is 4.79. The van der Waals surface area contributed by atoms with E-state index in [9.17, 15) is 24.1 Å². The molecule has 3 rings (SSSR count). The van der Waals surface area contributed by atoms with Crippen LogP contribution in [0.4, 0.5) is 15.8 Å². The van der Waals surface area contributed by atoms with Gasteiger partial charge in [-0.05, 0) is 42.8 Å². The number of rotatable bonds is 6. The van der Waals surface area contributed by atoms with Gasteiger partial charge in [0.15, 0.2) is 0 Å². The molecule has 2 N–H and O–H groups in total. The molecule has 0 spiro atoms. The van der Waals surface area contributed by atoms with Crippen LogP contribution >= 0.6 is 11.6 Å². The van der Waals surface area contributed by atoms with Crippen molar-refractivity contribution in [2.24, 2.45) is 5.10 Å². The van der Waals surface area contributed by atoms with Crippen molar-refractivity contribution in [1.82, 2.24) is 5.43 Å². The van der Waals surface area contributed by atoms with Crippen LogP contribution in [0.25, 0.3) is 0 Å². The third-order valence-corrected chi connectivity index (χ3v) is 4.74. The lowest BCUT2D eigenvalue weighted by atomic mass is 10.1. The van der Waals surface area contributed by atoms with E-state index in [1.54, 1.807) is 19.1 Å². The summed E-state index contributed by atoms with van der Waals surface area (Å²) < 4.78 is 13.1. The summed E-state index contributed by atoms with van der Waals surface area (Å²) in [7, 11) is 0. The van der Waals surface area contributed by atoms with Gasteiger partial charge < -0.3 is 5.32 Å². The zero-order valence-corrected chi connectivity index (χ0v) is 17.4. The van der Waals surface area contributed by atoms with Crippen molar-refractivity contribution in [1.29, 1.82) is 0 Å². The number of nitrogens with zero attached hydrogens (tertiary/aromatic N) is 2. The largest absolute Gasteiger partial charge is 0.321 e. The second-order valence-corrected chi connectivity index (χ2v) is 6.97. The number of anilines is 1. The minimum Gasteiger partial charge on any atom is -0.321 e. The van der Waals surface area contributed by atoms with Crippen molar-refractivity contribution in [3.8, 4) is 0 Å². The van der Waals surface area contributed by atoms with Crippen LogP contribution in [-0.2, 0) is 0 Å². The molecular formula is C22H16ClFN4O4. The summed E-state index contributed by atoms with van der Waals surface area (Å²) in [5.74, 6) is -1.71. The number of benzene rings is 3. The lowest BCUT2D eigenvalue weighted by Crippen LogP contribution is -2.22. The van der Waals surface area contributed by atoms with Crippen molar-refractivity contribution in [3.05, 3.63) is 104 Å². The fraction of sp³-hybridized carbons (Fsp3) is 0.0455. The van der Waals surface area contributed by atoms with Crippen LogP contribution in [0.3, 0.4) is 0 Å². The molecular weight excluding hydrogens is 439 g/mol. The van der Waals surface area contributed by atoms with E-state index >= 15 is 0 Å². The van der Waals surface area contributed by atoms with Crippen LogP contribution in [0.1, 0.15) is 33.2 Å². The van der Waals surface area contributed by atoms with E-state index in [0.717, 1.165) is 6.07 Å². The first kappa shape index (κ1) is 22.6. The molecule has 0 bridgehead atoms. The first-order valence-corrected chi connectivity index (χ1v) is 9.59. The van der Waals surface area contributed by atoms with Gasteiger partial charge >= 0.3 is 0 Å². The Morgan fingerprint density at radius 2 is 1.69 bits per heavy atom. The number of para-hydroxylation sites is 1. The average Bonchev–Trinajstić information content (AvgIpc) is 2.78. The van der Waals surface area contributed by atoms with Crippen LogP contribution in [0.2, 0.25) is 5.02 Å². The topological polar surface area (TPSA) is 114 Å². The molecule has 0 unspecified atom stereocenters. The monoisotopic (exact) mass is 454 g/mol. The predicted molar refractivity (Wildman–Crippen MR) is 119 cm³/mol. The number of carbonyl (C=O) groups excluding carboxylic acids is 2. The molecule has 8 nitrogen and oxygen atoms in total. The molecule has 0 heterocycles. The van der Waals surface area contributed by atoms with Crippen molar-refractivity contribution in [2.75, 3.05) is 5.32 Å². The van der Waals surface area contributed by atoms with Gasteiger partial charge in [-0.25, -0.2) is 9.82 Å². The minimum atomic E-state index is -0.718. The van der Waals surface area contributed by atoms with Gasteiger partial charge in [-0.3, -0.25) is 19.7 Å². The summed E-state index contributed by atoms with van der Waals surface area (Å²) in [5, 5.41) is 17.6. The lowest BCUT2D eigenvalue weighted by molar-refractivity contribution is -0.384. The highest BCUT2D eigenvalue weighted by Crippen LogP contribution is 2.24. The van der Waals surface area contributed by atoms with Gasteiger partial charge in [0.2, 0.25) is 0 Å². The Kier molecular flexibility index (Phi) is 6.91. The summed E-state index contributed by atoms with van der Waals surface area (Å²) in [4.78, 5) is 35.6.